The molecule has 0 radical (unpaired) electrons. The van der Waals surface area contributed by atoms with E-state index in [1.807, 2.05) is 51.1 Å². The minimum atomic E-state index is -1.43. The van der Waals surface area contributed by atoms with Gasteiger partial charge in [-0.05, 0) is 57.1 Å². The van der Waals surface area contributed by atoms with Crippen LogP contribution in [0.1, 0.15) is 52.0 Å². The average Bonchev–Trinajstić information content (AvgIpc) is 3.23. The first-order valence-corrected chi connectivity index (χ1v) is 14.6. The summed E-state index contributed by atoms with van der Waals surface area (Å²) in [5, 5.41) is 10.9. The second-order valence-electron chi connectivity index (χ2n) is 12.0. The van der Waals surface area contributed by atoms with Gasteiger partial charge < -0.3 is 24.4 Å². The van der Waals surface area contributed by atoms with Crippen molar-refractivity contribution in [2.75, 3.05) is 24.7 Å². The van der Waals surface area contributed by atoms with Crippen LogP contribution in [-0.4, -0.2) is 70.8 Å². The number of para-hydroxylation sites is 1. The molecule has 4 aliphatic rings. The Labute approximate surface area is 240 Å². The first-order chi connectivity index (χ1) is 19.1. The number of aliphatic hydroxyl groups excluding tert-OH is 1. The van der Waals surface area contributed by atoms with Crippen molar-refractivity contribution >= 4 is 35.1 Å². The highest BCUT2D eigenvalue weighted by Crippen LogP contribution is 2.58. The first kappa shape index (κ1) is 28.8. The molecule has 8 nitrogen and oxygen atoms in total. The van der Waals surface area contributed by atoms with E-state index in [2.05, 4.69) is 0 Å². The van der Waals surface area contributed by atoms with Crippen LogP contribution >= 0.6 is 11.6 Å². The van der Waals surface area contributed by atoms with Crippen LogP contribution in [0.3, 0.4) is 0 Å². The number of aryl methyl sites for hydroxylation is 1. The average molecular weight is 571 g/mol. The third kappa shape index (κ3) is 4.58. The number of benzene rings is 1. The van der Waals surface area contributed by atoms with Crippen LogP contribution in [0.5, 0.6) is 0 Å². The fraction of sp³-hybridized carbons (Fsp3) is 0.581. The van der Waals surface area contributed by atoms with Crippen LogP contribution in [0.25, 0.3) is 0 Å². The van der Waals surface area contributed by atoms with Crippen LogP contribution in [0.15, 0.2) is 42.5 Å². The molecule has 4 aliphatic heterocycles. The Balaban J connectivity index is 1.70. The summed E-state index contributed by atoms with van der Waals surface area (Å²) in [5.41, 5.74) is -1.21. The summed E-state index contributed by atoms with van der Waals surface area (Å²) in [5.74, 6) is -3.04. The van der Waals surface area contributed by atoms with E-state index >= 15 is 0 Å². The molecular weight excluding hydrogens is 532 g/mol. The van der Waals surface area contributed by atoms with Crippen molar-refractivity contribution in [3.63, 3.8) is 0 Å². The van der Waals surface area contributed by atoms with Gasteiger partial charge in [0.15, 0.2) is 0 Å². The second-order valence-corrected chi connectivity index (χ2v) is 12.4. The number of halogens is 1. The van der Waals surface area contributed by atoms with Crippen molar-refractivity contribution in [3.8, 4) is 0 Å². The number of esters is 1. The highest BCUT2D eigenvalue weighted by atomic mass is 35.5. The number of fused-ring (bicyclic) bond motifs is 2. The van der Waals surface area contributed by atoms with Gasteiger partial charge in [-0.15, -0.1) is 0 Å². The van der Waals surface area contributed by atoms with Gasteiger partial charge in [-0.2, -0.15) is 0 Å². The molecule has 9 heteroatoms. The standard InChI is InChI=1S/C31H39ClN2O6/c1-19(2)17-21(18-35)34-26-28(37)33(25-20(3)11-9-12-22(25)32)15-10-14-31(26)23(27(34)36)24-29(38)39-16-8-6-5-7-13-30(24,4)40-31/h7,9-14,19,21,23-24,26,35H,5-6,8,15-18H2,1-4H3/b13-7-/t21-,23+,24-,26?,30+,31+/m1/s1. The van der Waals surface area contributed by atoms with Crippen LogP contribution in [0.2, 0.25) is 5.02 Å². The van der Waals surface area contributed by atoms with E-state index < -0.39 is 41.1 Å². The number of hydrogen-bond donors (Lipinski definition) is 1. The lowest BCUT2D eigenvalue weighted by Gasteiger charge is -2.40. The zero-order chi connectivity index (χ0) is 28.8. The Hall–Kier alpha value is -2.68. The zero-order valence-electron chi connectivity index (χ0n) is 23.6. The quantitative estimate of drug-likeness (QED) is 0.421. The smallest absolute Gasteiger partial charge is 0.313 e. The number of cyclic esters (lactones) is 1. The number of likely N-dealkylation sites (tertiary alicyclic amines) is 1. The Morgan fingerprint density at radius 1 is 1.10 bits per heavy atom. The Morgan fingerprint density at radius 3 is 2.58 bits per heavy atom. The van der Waals surface area contributed by atoms with E-state index in [1.54, 1.807) is 24.0 Å². The van der Waals surface area contributed by atoms with Crippen molar-refractivity contribution in [2.24, 2.45) is 17.8 Å². The number of carbonyl (C=O) groups is 3. The molecule has 1 N–H and O–H groups in total. The number of rotatable bonds is 5. The van der Waals surface area contributed by atoms with Crippen molar-refractivity contribution in [1.29, 1.82) is 0 Å². The summed E-state index contributed by atoms with van der Waals surface area (Å²) in [6, 6.07) is 3.71. The highest BCUT2D eigenvalue weighted by molar-refractivity contribution is 6.34. The fourth-order valence-electron chi connectivity index (χ4n) is 7.12. The maximum absolute atomic E-state index is 14.7. The number of allylic oxidation sites excluding steroid dienone is 1. The van der Waals surface area contributed by atoms with E-state index in [1.165, 1.54) is 4.90 Å². The lowest BCUT2D eigenvalue weighted by atomic mass is 9.74. The molecule has 216 valence electrons. The molecule has 40 heavy (non-hydrogen) atoms. The molecule has 2 fully saturated rings. The number of anilines is 1. The van der Waals surface area contributed by atoms with Gasteiger partial charge in [-0.25, -0.2) is 0 Å². The molecule has 0 aliphatic carbocycles. The molecule has 0 aromatic heterocycles. The van der Waals surface area contributed by atoms with E-state index in [4.69, 9.17) is 21.1 Å². The predicted octanol–water partition coefficient (Wildman–Crippen LogP) is 4.21. The van der Waals surface area contributed by atoms with Crippen molar-refractivity contribution in [2.45, 2.75) is 76.7 Å². The van der Waals surface area contributed by atoms with Gasteiger partial charge >= 0.3 is 5.97 Å². The lowest BCUT2D eigenvalue weighted by molar-refractivity contribution is -0.160. The topological polar surface area (TPSA) is 96.4 Å². The number of carbonyl (C=O) groups excluding carboxylic acids is 3. The normalized spacial score (nSPS) is 33.8. The molecule has 1 spiro atoms. The molecule has 2 amide bonds. The van der Waals surface area contributed by atoms with E-state index in [0.29, 0.717) is 17.1 Å². The Morgan fingerprint density at radius 2 is 1.88 bits per heavy atom. The minimum Gasteiger partial charge on any atom is -0.465 e. The first-order valence-electron chi connectivity index (χ1n) is 14.3. The van der Waals surface area contributed by atoms with Gasteiger partial charge in [0, 0.05) is 6.54 Å². The summed E-state index contributed by atoms with van der Waals surface area (Å²) in [6.07, 6.45) is 10.4. The predicted molar refractivity (Wildman–Crippen MR) is 152 cm³/mol. The summed E-state index contributed by atoms with van der Waals surface area (Å²) < 4.78 is 12.6. The molecule has 0 saturated carbocycles. The summed E-state index contributed by atoms with van der Waals surface area (Å²) in [4.78, 5) is 46.0. The SMILES string of the molecule is Cc1cccc(Cl)c1N1CC=C[C@]23O[C@@]4(C)/C=C\CCCCOC(=O)[C@H]4[C@H]2C(=O)N([C@@H](CO)CC(C)C)C3C1=O. The van der Waals surface area contributed by atoms with E-state index in [-0.39, 0.29) is 37.5 Å². The molecule has 1 unspecified atom stereocenters. The second kappa shape index (κ2) is 11.0. The van der Waals surface area contributed by atoms with E-state index in [9.17, 15) is 19.5 Å². The highest BCUT2D eigenvalue weighted by Gasteiger charge is 2.75. The zero-order valence-corrected chi connectivity index (χ0v) is 24.4. The fourth-order valence-corrected chi connectivity index (χ4v) is 7.44. The molecule has 0 bridgehead atoms. The molecule has 2 saturated heterocycles. The minimum absolute atomic E-state index is 0.146. The molecule has 1 aromatic carbocycles. The molecule has 1 aromatic rings. The molecule has 4 heterocycles. The van der Waals surface area contributed by atoms with Crippen LogP contribution in [0, 0.1) is 24.7 Å². The van der Waals surface area contributed by atoms with E-state index in [0.717, 1.165) is 24.8 Å². The van der Waals surface area contributed by atoms with Gasteiger partial charge in [0.1, 0.15) is 17.6 Å². The third-order valence-electron chi connectivity index (χ3n) is 8.74. The van der Waals surface area contributed by atoms with Crippen LogP contribution < -0.4 is 4.90 Å². The Kier molecular flexibility index (Phi) is 7.89. The van der Waals surface area contributed by atoms with Gasteiger partial charge in [0.2, 0.25) is 5.91 Å². The maximum atomic E-state index is 14.7. The van der Waals surface area contributed by atoms with Crippen molar-refractivity contribution in [3.05, 3.63) is 53.1 Å². The number of ether oxygens (including phenoxy) is 2. The molecular formula is C31H39ClN2O6. The maximum Gasteiger partial charge on any atom is 0.313 e. The summed E-state index contributed by atoms with van der Waals surface area (Å²) in [6.45, 7) is 7.86. The summed E-state index contributed by atoms with van der Waals surface area (Å²) in [7, 11) is 0. The van der Waals surface area contributed by atoms with Crippen molar-refractivity contribution in [1.82, 2.24) is 4.90 Å². The van der Waals surface area contributed by atoms with Gasteiger partial charge in [-0.1, -0.05) is 61.9 Å². The summed E-state index contributed by atoms with van der Waals surface area (Å²) >= 11 is 6.63. The third-order valence-corrected chi connectivity index (χ3v) is 9.05. The number of aliphatic hydroxyl groups is 1. The molecule has 5 rings (SSSR count). The number of hydrogen-bond acceptors (Lipinski definition) is 6. The monoisotopic (exact) mass is 570 g/mol. The number of nitrogens with zero attached hydrogens (tertiary/aromatic N) is 2. The Bertz CT molecular complexity index is 1230. The van der Waals surface area contributed by atoms with Gasteiger partial charge in [-0.3, -0.25) is 14.4 Å². The van der Waals surface area contributed by atoms with Crippen LogP contribution in [-0.2, 0) is 23.9 Å². The van der Waals surface area contributed by atoms with Gasteiger partial charge in [0.05, 0.1) is 41.5 Å². The van der Waals surface area contributed by atoms with Crippen molar-refractivity contribution < 1.29 is 29.0 Å². The lowest BCUT2D eigenvalue weighted by Crippen LogP contribution is -2.59. The largest absolute Gasteiger partial charge is 0.465 e. The van der Waals surface area contributed by atoms with Gasteiger partial charge in [0.25, 0.3) is 5.91 Å². The van der Waals surface area contributed by atoms with Crippen LogP contribution in [0.4, 0.5) is 5.69 Å². The molecule has 6 atom stereocenters. The number of amides is 2.